The maximum Gasteiger partial charge on any atom is 0.350 e. The number of aliphatic hydroxyl groups is 1. The Hall–Kier alpha value is -3.85. The molecule has 0 aliphatic carbocycles. The monoisotopic (exact) mass is 463 g/mol. The molecule has 1 fully saturated rings. The van der Waals surface area contributed by atoms with Crippen LogP contribution in [0.5, 0.6) is 0 Å². The van der Waals surface area contributed by atoms with Gasteiger partial charge in [-0.25, -0.2) is 9.78 Å². The van der Waals surface area contributed by atoms with Gasteiger partial charge in [-0.05, 0) is 50.1 Å². The summed E-state index contributed by atoms with van der Waals surface area (Å²) < 4.78 is 4.80. The van der Waals surface area contributed by atoms with Crippen LogP contribution in [-0.2, 0) is 14.3 Å². The fraction of sp³-hybridized carbons (Fsp3) is 0.208. The number of Topliss-reactive ketones (excluding diaryl/α,β-unsaturated/α-hetero) is 1. The van der Waals surface area contributed by atoms with E-state index in [1.807, 2.05) is 26.0 Å². The zero-order valence-electron chi connectivity index (χ0n) is 18.4. The quantitative estimate of drug-likeness (QED) is 0.271. The van der Waals surface area contributed by atoms with Crippen LogP contribution in [0.25, 0.3) is 5.76 Å². The van der Waals surface area contributed by atoms with E-state index in [2.05, 4.69) is 9.97 Å². The number of benzene rings is 1. The molecule has 0 saturated carbocycles. The van der Waals surface area contributed by atoms with E-state index in [4.69, 9.17) is 4.74 Å². The molecule has 1 N–H and O–H groups in total. The van der Waals surface area contributed by atoms with Crippen LogP contribution in [0.15, 0.2) is 48.3 Å². The molecule has 1 aromatic carbocycles. The highest BCUT2D eigenvalue weighted by Gasteiger charge is 2.48. The van der Waals surface area contributed by atoms with Gasteiger partial charge in [0.15, 0.2) is 5.13 Å². The number of carbonyl (C=O) groups excluding carboxylic acids is 3. The molecule has 1 amide bonds. The molecule has 3 aromatic rings. The number of ketones is 1. The van der Waals surface area contributed by atoms with Gasteiger partial charge in [-0.15, -0.1) is 0 Å². The normalized spacial score (nSPS) is 17.5. The smallest absolute Gasteiger partial charge is 0.350 e. The number of esters is 1. The van der Waals surface area contributed by atoms with Gasteiger partial charge in [0, 0.05) is 18.0 Å². The summed E-state index contributed by atoms with van der Waals surface area (Å²) in [6, 6.07) is 7.91. The number of ether oxygens (including phenoxy) is 1. The third kappa shape index (κ3) is 3.80. The van der Waals surface area contributed by atoms with Crippen molar-refractivity contribution in [3.05, 3.63) is 81.1 Å². The summed E-state index contributed by atoms with van der Waals surface area (Å²) in [5.41, 5.74) is 3.03. The third-order valence-corrected chi connectivity index (χ3v) is 6.61. The first-order chi connectivity index (χ1) is 15.7. The van der Waals surface area contributed by atoms with Crippen molar-refractivity contribution >= 4 is 39.9 Å². The number of methoxy groups -OCH3 is 1. The molecule has 9 heteroatoms. The second kappa shape index (κ2) is 8.59. The van der Waals surface area contributed by atoms with E-state index in [0.717, 1.165) is 22.5 Å². The number of pyridine rings is 1. The van der Waals surface area contributed by atoms with Crippen molar-refractivity contribution in [3.8, 4) is 0 Å². The van der Waals surface area contributed by atoms with Crippen LogP contribution < -0.4 is 4.90 Å². The molecular weight excluding hydrogens is 442 g/mol. The SMILES string of the molecule is COC(=O)c1sc(N2C(=O)C(=O)/C(=C(/O)c3cc(C)ccc3C)C2c2ccncc2)nc1C. The van der Waals surface area contributed by atoms with E-state index in [-0.39, 0.29) is 21.3 Å². The van der Waals surface area contributed by atoms with Gasteiger partial charge in [-0.3, -0.25) is 19.5 Å². The van der Waals surface area contributed by atoms with Crippen LogP contribution in [0.2, 0.25) is 0 Å². The summed E-state index contributed by atoms with van der Waals surface area (Å²) in [6.07, 6.45) is 3.08. The van der Waals surface area contributed by atoms with E-state index in [1.54, 1.807) is 37.5 Å². The summed E-state index contributed by atoms with van der Waals surface area (Å²) >= 11 is 0.956. The highest BCUT2D eigenvalue weighted by atomic mass is 32.1. The van der Waals surface area contributed by atoms with Crippen LogP contribution in [0, 0.1) is 20.8 Å². The van der Waals surface area contributed by atoms with Gasteiger partial charge in [-0.1, -0.05) is 29.0 Å². The number of anilines is 1. The Morgan fingerprint density at radius 3 is 2.48 bits per heavy atom. The van der Waals surface area contributed by atoms with Crippen molar-refractivity contribution in [2.75, 3.05) is 12.0 Å². The second-order valence-electron chi connectivity index (χ2n) is 7.67. The van der Waals surface area contributed by atoms with Gasteiger partial charge in [-0.2, -0.15) is 0 Å². The number of carbonyl (C=O) groups is 3. The summed E-state index contributed by atoms with van der Waals surface area (Å²) in [6.45, 7) is 5.32. The number of hydrogen-bond donors (Lipinski definition) is 1. The lowest BCUT2D eigenvalue weighted by Crippen LogP contribution is -2.29. The molecule has 4 rings (SSSR count). The number of amides is 1. The molecule has 1 unspecified atom stereocenters. The van der Waals surface area contributed by atoms with Crippen LogP contribution in [0.3, 0.4) is 0 Å². The highest BCUT2D eigenvalue weighted by molar-refractivity contribution is 7.17. The van der Waals surface area contributed by atoms with Crippen molar-refractivity contribution in [2.45, 2.75) is 26.8 Å². The number of hydrogen-bond acceptors (Lipinski definition) is 8. The lowest BCUT2D eigenvalue weighted by molar-refractivity contribution is -0.132. The first-order valence-corrected chi connectivity index (χ1v) is 10.9. The molecule has 33 heavy (non-hydrogen) atoms. The first-order valence-electron chi connectivity index (χ1n) is 10.1. The van der Waals surface area contributed by atoms with Crippen molar-refractivity contribution in [1.82, 2.24) is 9.97 Å². The van der Waals surface area contributed by atoms with Crippen LogP contribution >= 0.6 is 11.3 Å². The number of thiazole rings is 1. The molecular formula is C24H21N3O5S. The van der Waals surface area contributed by atoms with E-state index < -0.39 is 23.7 Å². The lowest BCUT2D eigenvalue weighted by atomic mass is 9.94. The predicted octanol–water partition coefficient (Wildman–Crippen LogP) is 3.88. The molecule has 2 aromatic heterocycles. The summed E-state index contributed by atoms with van der Waals surface area (Å²) in [5.74, 6) is -2.51. The minimum absolute atomic E-state index is 0.0487. The summed E-state index contributed by atoms with van der Waals surface area (Å²) in [7, 11) is 1.26. The summed E-state index contributed by atoms with van der Waals surface area (Å²) in [4.78, 5) is 48.4. The average molecular weight is 464 g/mol. The van der Waals surface area contributed by atoms with Crippen molar-refractivity contribution in [1.29, 1.82) is 0 Å². The zero-order chi connectivity index (χ0) is 23.9. The number of nitrogens with zero attached hydrogens (tertiary/aromatic N) is 3. The molecule has 168 valence electrons. The maximum atomic E-state index is 13.2. The van der Waals surface area contributed by atoms with E-state index in [0.29, 0.717) is 16.8 Å². The van der Waals surface area contributed by atoms with Gasteiger partial charge < -0.3 is 9.84 Å². The molecule has 0 spiro atoms. The van der Waals surface area contributed by atoms with Gasteiger partial charge in [0.25, 0.3) is 5.78 Å². The van der Waals surface area contributed by atoms with Gasteiger partial charge in [0.1, 0.15) is 10.6 Å². The van der Waals surface area contributed by atoms with Crippen LogP contribution in [0.4, 0.5) is 5.13 Å². The Morgan fingerprint density at radius 2 is 1.82 bits per heavy atom. The van der Waals surface area contributed by atoms with E-state index in [1.165, 1.54) is 12.0 Å². The Morgan fingerprint density at radius 1 is 1.12 bits per heavy atom. The highest BCUT2D eigenvalue weighted by Crippen LogP contribution is 2.44. The Kier molecular flexibility index (Phi) is 5.82. The second-order valence-corrected chi connectivity index (χ2v) is 8.65. The van der Waals surface area contributed by atoms with Crippen molar-refractivity contribution in [2.24, 2.45) is 0 Å². The first kappa shape index (κ1) is 22.3. The molecule has 1 aliphatic rings. The topological polar surface area (TPSA) is 110 Å². The Bertz CT molecular complexity index is 1310. The van der Waals surface area contributed by atoms with Crippen molar-refractivity contribution < 1.29 is 24.2 Å². The predicted molar refractivity (Wildman–Crippen MR) is 123 cm³/mol. The van der Waals surface area contributed by atoms with E-state index >= 15 is 0 Å². The Labute approximate surface area is 194 Å². The minimum Gasteiger partial charge on any atom is -0.507 e. The minimum atomic E-state index is -0.941. The Balaban J connectivity index is 1.96. The van der Waals surface area contributed by atoms with Crippen LogP contribution in [-0.4, -0.2) is 39.8 Å². The molecule has 0 radical (unpaired) electrons. The van der Waals surface area contributed by atoms with E-state index in [9.17, 15) is 19.5 Å². The van der Waals surface area contributed by atoms with Gasteiger partial charge >= 0.3 is 11.9 Å². The third-order valence-electron chi connectivity index (χ3n) is 5.48. The standard InChI is InChI=1S/C24H21N3O5S/c1-12-5-6-13(2)16(11-12)19(28)17-18(15-7-9-25-10-8-15)27(22(30)20(17)29)24-26-14(3)21(33-24)23(31)32-4/h5-11,18,28H,1-4H3/b19-17+. The lowest BCUT2D eigenvalue weighted by Gasteiger charge is -2.23. The number of aliphatic hydroxyl groups excluding tert-OH is 1. The van der Waals surface area contributed by atoms with Crippen LogP contribution in [0.1, 0.15) is 43.7 Å². The molecule has 0 bridgehead atoms. The van der Waals surface area contributed by atoms with Gasteiger partial charge in [0.05, 0.1) is 24.4 Å². The number of rotatable bonds is 4. The molecule has 1 aliphatic heterocycles. The zero-order valence-corrected chi connectivity index (χ0v) is 19.3. The number of aryl methyl sites for hydroxylation is 3. The number of aromatic nitrogens is 2. The fourth-order valence-corrected chi connectivity index (χ4v) is 4.81. The molecule has 3 heterocycles. The molecule has 1 saturated heterocycles. The molecule has 8 nitrogen and oxygen atoms in total. The summed E-state index contributed by atoms with van der Waals surface area (Å²) in [5, 5.41) is 11.4. The van der Waals surface area contributed by atoms with Gasteiger partial charge in [0.2, 0.25) is 0 Å². The van der Waals surface area contributed by atoms with Crippen molar-refractivity contribution in [3.63, 3.8) is 0 Å². The molecule has 1 atom stereocenters. The largest absolute Gasteiger partial charge is 0.507 e. The average Bonchev–Trinajstić information content (AvgIpc) is 3.32. The maximum absolute atomic E-state index is 13.2. The fourth-order valence-electron chi connectivity index (χ4n) is 3.79.